The summed E-state index contributed by atoms with van der Waals surface area (Å²) in [7, 11) is 0. The minimum atomic E-state index is -0.395. The largest absolute Gasteiger partial charge is 0.396 e. The third-order valence-corrected chi connectivity index (χ3v) is 1.66. The van der Waals surface area contributed by atoms with Crippen LogP contribution in [0.3, 0.4) is 0 Å². The molecule has 3 N–H and O–H groups in total. The molecule has 0 aliphatic rings. The number of carbonyl (C=O) groups is 1. The molecule has 2 atom stereocenters. The van der Waals surface area contributed by atoms with Gasteiger partial charge in [-0.15, -0.1) is 0 Å². The van der Waals surface area contributed by atoms with Crippen LogP contribution in [0.25, 0.3) is 0 Å². The average molecular weight is 189 g/mol. The van der Waals surface area contributed by atoms with E-state index in [-0.39, 0.29) is 18.6 Å². The van der Waals surface area contributed by atoms with Crippen molar-refractivity contribution in [3.63, 3.8) is 0 Å². The Kier molecular flexibility index (Phi) is 6.54. The predicted molar refractivity (Wildman–Crippen MR) is 50.2 cm³/mol. The third-order valence-electron chi connectivity index (χ3n) is 1.66. The van der Waals surface area contributed by atoms with E-state index in [1.165, 1.54) is 0 Å². The van der Waals surface area contributed by atoms with Crippen molar-refractivity contribution in [3.05, 3.63) is 0 Å². The summed E-state index contributed by atoms with van der Waals surface area (Å²) in [4.78, 5) is 11.1. The van der Waals surface area contributed by atoms with Crippen LogP contribution < -0.4 is 5.32 Å². The molecule has 13 heavy (non-hydrogen) atoms. The quantitative estimate of drug-likeness (QED) is 0.552. The van der Waals surface area contributed by atoms with Gasteiger partial charge in [0, 0.05) is 19.1 Å². The van der Waals surface area contributed by atoms with Gasteiger partial charge in [0.05, 0.1) is 6.10 Å². The number of hydrogen-bond donors (Lipinski definition) is 3. The fourth-order valence-corrected chi connectivity index (χ4v) is 1.16. The van der Waals surface area contributed by atoms with Crippen molar-refractivity contribution >= 4 is 5.91 Å². The Balaban J connectivity index is 3.53. The van der Waals surface area contributed by atoms with E-state index < -0.39 is 6.10 Å². The van der Waals surface area contributed by atoms with Crippen LogP contribution in [0.5, 0.6) is 0 Å². The Morgan fingerprint density at radius 1 is 1.46 bits per heavy atom. The topological polar surface area (TPSA) is 69.6 Å². The zero-order valence-electron chi connectivity index (χ0n) is 8.29. The summed E-state index contributed by atoms with van der Waals surface area (Å²) < 4.78 is 0. The van der Waals surface area contributed by atoms with Gasteiger partial charge in [-0.2, -0.15) is 0 Å². The van der Waals surface area contributed by atoms with E-state index in [9.17, 15) is 4.79 Å². The van der Waals surface area contributed by atoms with E-state index in [4.69, 9.17) is 10.2 Å². The Labute approximate surface area is 79.0 Å². The fourth-order valence-electron chi connectivity index (χ4n) is 1.16. The van der Waals surface area contributed by atoms with Crippen molar-refractivity contribution in [1.29, 1.82) is 0 Å². The van der Waals surface area contributed by atoms with Gasteiger partial charge in [-0.05, 0) is 26.7 Å². The molecule has 0 aromatic rings. The van der Waals surface area contributed by atoms with Crippen LogP contribution in [-0.4, -0.2) is 34.9 Å². The Hall–Kier alpha value is -0.610. The van der Waals surface area contributed by atoms with Gasteiger partial charge in [0.1, 0.15) is 0 Å². The number of amides is 1. The summed E-state index contributed by atoms with van der Waals surface area (Å²) in [5.41, 5.74) is 0. The first-order valence-electron chi connectivity index (χ1n) is 4.64. The van der Waals surface area contributed by atoms with E-state index in [1.54, 1.807) is 6.92 Å². The molecule has 1 amide bonds. The van der Waals surface area contributed by atoms with Crippen LogP contribution in [0.1, 0.15) is 33.1 Å². The maximum Gasteiger partial charge on any atom is 0.220 e. The molecule has 0 heterocycles. The van der Waals surface area contributed by atoms with Gasteiger partial charge in [0.25, 0.3) is 0 Å². The fraction of sp³-hybridized carbons (Fsp3) is 0.889. The number of hydrogen-bond acceptors (Lipinski definition) is 3. The molecule has 0 saturated heterocycles. The lowest BCUT2D eigenvalue weighted by Gasteiger charge is -2.14. The van der Waals surface area contributed by atoms with E-state index in [0.717, 1.165) is 0 Å². The van der Waals surface area contributed by atoms with Crippen LogP contribution in [0.2, 0.25) is 0 Å². The maximum absolute atomic E-state index is 11.1. The zero-order chi connectivity index (χ0) is 10.3. The van der Waals surface area contributed by atoms with Crippen molar-refractivity contribution in [2.24, 2.45) is 0 Å². The highest BCUT2D eigenvalue weighted by Gasteiger charge is 2.08. The first-order valence-corrected chi connectivity index (χ1v) is 4.64. The molecular weight excluding hydrogens is 170 g/mol. The molecule has 0 radical (unpaired) electrons. The number of carbonyl (C=O) groups excluding carboxylic acids is 1. The molecular formula is C9H19NO3. The highest BCUT2D eigenvalue weighted by molar-refractivity contribution is 5.76. The molecule has 0 aromatic carbocycles. The molecule has 4 nitrogen and oxygen atoms in total. The number of rotatable bonds is 6. The summed E-state index contributed by atoms with van der Waals surface area (Å²) in [6.07, 6.45) is 1.01. The van der Waals surface area contributed by atoms with Gasteiger partial charge >= 0.3 is 0 Å². The summed E-state index contributed by atoms with van der Waals surface area (Å²) in [6.45, 7) is 3.58. The summed E-state index contributed by atoms with van der Waals surface area (Å²) in [6, 6.07) is -0.00815. The van der Waals surface area contributed by atoms with Crippen molar-refractivity contribution in [2.45, 2.75) is 45.3 Å². The smallest absolute Gasteiger partial charge is 0.220 e. The molecule has 4 heteroatoms. The molecule has 0 aromatic heterocycles. The molecule has 0 fully saturated rings. The summed E-state index contributed by atoms with van der Waals surface area (Å²) in [5, 5.41) is 20.2. The lowest BCUT2D eigenvalue weighted by Crippen LogP contribution is -2.34. The second kappa shape index (κ2) is 6.86. The van der Waals surface area contributed by atoms with E-state index >= 15 is 0 Å². The molecule has 0 aliphatic heterocycles. The van der Waals surface area contributed by atoms with Crippen LogP contribution in [-0.2, 0) is 4.79 Å². The molecule has 2 unspecified atom stereocenters. The van der Waals surface area contributed by atoms with Gasteiger partial charge in [-0.1, -0.05) is 0 Å². The predicted octanol–water partition coefficient (Wildman–Crippen LogP) is 0.0345. The minimum Gasteiger partial charge on any atom is -0.396 e. The van der Waals surface area contributed by atoms with Gasteiger partial charge in [-0.3, -0.25) is 4.79 Å². The minimum absolute atomic E-state index is 0.00815. The molecule has 0 spiro atoms. The van der Waals surface area contributed by atoms with Crippen molar-refractivity contribution in [3.8, 4) is 0 Å². The highest BCUT2D eigenvalue weighted by atomic mass is 16.3. The Morgan fingerprint density at radius 3 is 2.54 bits per heavy atom. The Morgan fingerprint density at radius 2 is 2.08 bits per heavy atom. The van der Waals surface area contributed by atoms with E-state index in [0.29, 0.717) is 19.3 Å². The number of nitrogens with one attached hydrogen (secondary N) is 1. The normalized spacial score (nSPS) is 15.1. The standard InChI is InChI=1S/C9H19NO3/c1-7(6-8(2)12)10-9(13)4-3-5-11/h7-8,11-12H,3-6H2,1-2H3,(H,10,13). The lowest BCUT2D eigenvalue weighted by atomic mass is 10.1. The monoisotopic (exact) mass is 189 g/mol. The van der Waals surface area contributed by atoms with Crippen LogP contribution in [0.4, 0.5) is 0 Å². The Bertz CT molecular complexity index is 148. The van der Waals surface area contributed by atoms with Crippen LogP contribution in [0.15, 0.2) is 0 Å². The second-order valence-electron chi connectivity index (χ2n) is 3.38. The average Bonchev–Trinajstić information content (AvgIpc) is 1.98. The summed E-state index contributed by atoms with van der Waals surface area (Å²) in [5.74, 6) is -0.0674. The van der Waals surface area contributed by atoms with E-state index in [1.807, 2.05) is 6.92 Å². The van der Waals surface area contributed by atoms with Gasteiger partial charge in [0.2, 0.25) is 5.91 Å². The first kappa shape index (κ1) is 12.4. The van der Waals surface area contributed by atoms with Crippen LogP contribution >= 0.6 is 0 Å². The highest BCUT2D eigenvalue weighted by Crippen LogP contribution is 1.97. The van der Waals surface area contributed by atoms with Gasteiger partial charge in [0.15, 0.2) is 0 Å². The number of aliphatic hydroxyl groups excluding tert-OH is 2. The van der Waals surface area contributed by atoms with Crippen molar-refractivity contribution in [2.75, 3.05) is 6.61 Å². The van der Waals surface area contributed by atoms with Crippen molar-refractivity contribution < 1.29 is 15.0 Å². The third kappa shape index (κ3) is 7.74. The summed E-state index contributed by atoms with van der Waals surface area (Å²) >= 11 is 0. The number of aliphatic hydroxyl groups is 2. The molecule has 78 valence electrons. The molecule has 0 rings (SSSR count). The zero-order valence-corrected chi connectivity index (χ0v) is 8.29. The molecule has 0 saturated carbocycles. The van der Waals surface area contributed by atoms with Gasteiger partial charge in [-0.25, -0.2) is 0 Å². The maximum atomic E-state index is 11.1. The second-order valence-corrected chi connectivity index (χ2v) is 3.38. The lowest BCUT2D eigenvalue weighted by molar-refractivity contribution is -0.122. The SMILES string of the molecule is CC(O)CC(C)NC(=O)CCCO. The van der Waals surface area contributed by atoms with Gasteiger partial charge < -0.3 is 15.5 Å². The van der Waals surface area contributed by atoms with E-state index in [2.05, 4.69) is 5.32 Å². The molecule has 0 bridgehead atoms. The van der Waals surface area contributed by atoms with Crippen LogP contribution in [0, 0.1) is 0 Å². The van der Waals surface area contributed by atoms with Crippen molar-refractivity contribution in [1.82, 2.24) is 5.32 Å². The first-order chi connectivity index (χ1) is 6.06. The molecule has 0 aliphatic carbocycles.